The Bertz CT molecular complexity index is 930. The van der Waals surface area contributed by atoms with Crippen LogP contribution < -0.4 is 0 Å². The second-order valence-electron chi connectivity index (χ2n) is 6.56. The molecule has 0 spiro atoms. The number of aryl methyl sites for hydroxylation is 2. The van der Waals surface area contributed by atoms with E-state index in [2.05, 4.69) is 9.55 Å². The molecule has 2 aromatic carbocycles. The Morgan fingerprint density at radius 3 is 2.73 bits per heavy atom. The number of amides is 1. The molecule has 3 aromatic rings. The van der Waals surface area contributed by atoms with Crippen molar-refractivity contribution in [2.45, 2.75) is 19.1 Å². The Kier molecular flexibility index (Phi) is 4.66. The molecule has 1 aliphatic heterocycles. The number of likely N-dealkylation sites (tertiary alicyclic amines) is 1. The molecule has 0 aliphatic carbocycles. The summed E-state index contributed by atoms with van der Waals surface area (Å²) >= 11 is 5.94. The zero-order valence-corrected chi connectivity index (χ0v) is 15.3. The van der Waals surface area contributed by atoms with E-state index in [9.17, 15) is 4.79 Å². The molecule has 1 fully saturated rings. The quantitative estimate of drug-likeness (QED) is 0.692. The topological polar surface area (TPSA) is 47.4 Å². The van der Waals surface area contributed by atoms with Crippen LogP contribution in [-0.2, 0) is 17.7 Å². The zero-order chi connectivity index (χ0) is 18.1. The lowest BCUT2D eigenvalue weighted by Gasteiger charge is -2.38. The van der Waals surface area contributed by atoms with Gasteiger partial charge in [-0.25, -0.2) is 4.98 Å². The molecule has 26 heavy (non-hydrogen) atoms. The minimum atomic E-state index is 0.0202. The van der Waals surface area contributed by atoms with E-state index in [1.807, 2.05) is 48.8 Å². The summed E-state index contributed by atoms with van der Waals surface area (Å²) in [4.78, 5) is 19.0. The first-order chi connectivity index (χ1) is 12.7. The molecular formula is C20H20ClN3O2. The maximum absolute atomic E-state index is 12.7. The standard InChI is InChI=1S/C20H20ClN3O2/c1-26-16-11-24(12-16)20(25)17-3-2-4-18-19(17)22-13-23(18)10-9-14-5-7-15(21)8-6-14/h2-8,13,16H,9-12H2,1H3. The van der Waals surface area contributed by atoms with E-state index in [0.29, 0.717) is 18.7 Å². The number of imidazole rings is 1. The minimum Gasteiger partial charge on any atom is -0.378 e. The molecule has 0 bridgehead atoms. The SMILES string of the molecule is COC1CN(C(=O)c2cccc3c2ncn3CCc2ccc(Cl)cc2)C1. The molecule has 1 aliphatic rings. The van der Waals surface area contributed by atoms with E-state index in [-0.39, 0.29) is 12.0 Å². The van der Waals surface area contributed by atoms with Crippen LogP contribution in [-0.4, -0.2) is 46.7 Å². The van der Waals surface area contributed by atoms with Gasteiger partial charge in [0.05, 0.1) is 23.5 Å². The first kappa shape index (κ1) is 17.1. The van der Waals surface area contributed by atoms with Crippen molar-refractivity contribution in [1.29, 1.82) is 0 Å². The van der Waals surface area contributed by atoms with E-state index in [1.165, 1.54) is 5.56 Å². The molecule has 2 heterocycles. The second-order valence-corrected chi connectivity index (χ2v) is 6.99. The molecule has 1 saturated heterocycles. The number of hydrogen-bond acceptors (Lipinski definition) is 3. The summed E-state index contributed by atoms with van der Waals surface area (Å²) in [5.41, 5.74) is 3.61. The van der Waals surface area contributed by atoms with Gasteiger partial charge in [-0.1, -0.05) is 29.8 Å². The van der Waals surface area contributed by atoms with Crippen molar-refractivity contribution in [3.63, 3.8) is 0 Å². The lowest BCUT2D eigenvalue weighted by Crippen LogP contribution is -2.54. The Morgan fingerprint density at radius 2 is 2.00 bits per heavy atom. The molecule has 6 heteroatoms. The maximum atomic E-state index is 12.7. The van der Waals surface area contributed by atoms with Gasteiger partial charge in [0.15, 0.2) is 0 Å². The van der Waals surface area contributed by atoms with Crippen molar-refractivity contribution in [2.75, 3.05) is 20.2 Å². The van der Waals surface area contributed by atoms with E-state index < -0.39 is 0 Å². The molecular weight excluding hydrogens is 350 g/mol. The highest BCUT2D eigenvalue weighted by atomic mass is 35.5. The van der Waals surface area contributed by atoms with Gasteiger partial charge in [0.2, 0.25) is 0 Å². The van der Waals surface area contributed by atoms with E-state index in [0.717, 1.165) is 29.0 Å². The third-order valence-electron chi connectivity index (χ3n) is 4.90. The average molecular weight is 370 g/mol. The number of nitrogens with zero attached hydrogens (tertiary/aromatic N) is 3. The third-order valence-corrected chi connectivity index (χ3v) is 5.16. The molecule has 0 saturated carbocycles. The molecule has 5 nitrogen and oxygen atoms in total. The number of hydrogen-bond donors (Lipinski definition) is 0. The first-order valence-corrected chi connectivity index (χ1v) is 9.04. The van der Waals surface area contributed by atoms with Crippen LogP contribution in [0.1, 0.15) is 15.9 Å². The highest BCUT2D eigenvalue weighted by molar-refractivity contribution is 6.30. The summed E-state index contributed by atoms with van der Waals surface area (Å²) in [6, 6.07) is 13.7. The second kappa shape index (κ2) is 7.09. The molecule has 0 N–H and O–H groups in total. The number of carbonyl (C=O) groups excluding carboxylic acids is 1. The molecule has 0 unspecified atom stereocenters. The fourth-order valence-corrected chi connectivity index (χ4v) is 3.39. The van der Waals surface area contributed by atoms with Crippen LogP contribution in [0.4, 0.5) is 0 Å². The highest BCUT2D eigenvalue weighted by Gasteiger charge is 2.32. The van der Waals surface area contributed by atoms with Crippen molar-refractivity contribution >= 4 is 28.5 Å². The first-order valence-electron chi connectivity index (χ1n) is 8.66. The van der Waals surface area contributed by atoms with Crippen LogP contribution in [0.25, 0.3) is 11.0 Å². The molecule has 1 amide bonds. The van der Waals surface area contributed by atoms with Crippen molar-refractivity contribution in [3.8, 4) is 0 Å². The maximum Gasteiger partial charge on any atom is 0.256 e. The van der Waals surface area contributed by atoms with Crippen LogP contribution >= 0.6 is 11.6 Å². The van der Waals surface area contributed by atoms with Crippen LogP contribution in [0.5, 0.6) is 0 Å². The van der Waals surface area contributed by atoms with Crippen molar-refractivity contribution in [1.82, 2.24) is 14.5 Å². The fourth-order valence-electron chi connectivity index (χ4n) is 3.26. The van der Waals surface area contributed by atoms with Crippen molar-refractivity contribution in [3.05, 3.63) is 64.9 Å². The number of aromatic nitrogens is 2. The van der Waals surface area contributed by atoms with Crippen molar-refractivity contribution in [2.24, 2.45) is 0 Å². The number of fused-ring (bicyclic) bond motifs is 1. The minimum absolute atomic E-state index is 0.0202. The van der Waals surface area contributed by atoms with Gasteiger partial charge < -0.3 is 14.2 Å². The monoisotopic (exact) mass is 369 g/mol. The number of benzene rings is 2. The smallest absolute Gasteiger partial charge is 0.256 e. The van der Waals surface area contributed by atoms with Gasteiger partial charge in [-0.3, -0.25) is 4.79 Å². The summed E-state index contributed by atoms with van der Waals surface area (Å²) in [7, 11) is 1.68. The Labute approximate surface area is 157 Å². The Hall–Kier alpha value is -2.37. The number of methoxy groups -OCH3 is 1. The zero-order valence-electron chi connectivity index (χ0n) is 14.6. The highest BCUT2D eigenvalue weighted by Crippen LogP contribution is 2.22. The predicted molar refractivity (Wildman–Crippen MR) is 102 cm³/mol. The molecule has 4 rings (SSSR count). The number of ether oxygens (including phenoxy) is 1. The normalized spacial score (nSPS) is 14.6. The van der Waals surface area contributed by atoms with Gasteiger partial charge in [0.25, 0.3) is 5.91 Å². The van der Waals surface area contributed by atoms with E-state index >= 15 is 0 Å². The van der Waals surface area contributed by atoms with Crippen LogP contribution in [0.15, 0.2) is 48.8 Å². The van der Waals surface area contributed by atoms with E-state index in [1.54, 1.807) is 12.0 Å². The number of carbonyl (C=O) groups is 1. The van der Waals surface area contributed by atoms with E-state index in [4.69, 9.17) is 16.3 Å². The van der Waals surface area contributed by atoms with Crippen LogP contribution in [0, 0.1) is 0 Å². The molecule has 0 atom stereocenters. The summed E-state index contributed by atoms with van der Waals surface area (Å²) in [6.45, 7) is 2.08. The summed E-state index contributed by atoms with van der Waals surface area (Å²) in [5.74, 6) is 0.0202. The van der Waals surface area contributed by atoms with Gasteiger partial charge in [-0.15, -0.1) is 0 Å². The van der Waals surface area contributed by atoms with Crippen LogP contribution in [0.3, 0.4) is 0 Å². The van der Waals surface area contributed by atoms with Gasteiger partial charge in [-0.2, -0.15) is 0 Å². The fraction of sp³-hybridized carbons (Fsp3) is 0.300. The lowest BCUT2D eigenvalue weighted by atomic mass is 10.1. The molecule has 1 aromatic heterocycles. The Morgan fingerprint density at radius 1 is 1.23 bits per heavy atom. The van der Waals surface area contributed by atoms with Crippen molar-refractivity contribution < 1.29 is 9.53 Å². The third kappa shape index (κ3) is 3.20. The van der Waals surface area contributed by atoms with Gasteiger partial charge in [-0.05, 0) is 36.2 Å². The lowest BCUT2D eigenvalue weighted by molar-refractivity contribution is -0.0191. The largest absolute Gasteiger partial charge is 0.378 e. The van der Waals surface area contributed by atoms with Gasteiger partial charge in [0, 0.05) is 31.8 Å². The number of halogens is 1. The Balaban J connectivity index is 1.53. The average Bonchev–Trinajstić information content (AvgIpc) is 3.03. The van der Waals surface area contributed by atoms with Crippen LogP contribution in [0.2, 0.25) is 5.02 Å². The molecule has 134 valence electrons. The number of para-hydroxylation sites is 1. The predicted octanol–water partition coefficient (Wildman–Crippen LogP) is 3.40. The van der Waals surface area contributed by atoms with Gasteiger partial charge >= 0.3 is 0 Å². The summed E-state index contributed by atoms with van der Waals surface area (Å²) < 4.78 is 7.35. The summed E-state index contributed by atoms with van der Waals surface area (Å²) in [5, 5.41) is 0.742. The molecule has 0 radical (unpaired) electrons. The summed E-state index contributed by atoms with van der Waals surface area (Å²) in [6.07, 6.45) is 2.84. The number of rotatable bonds is 5. The van der Waals surface area contributed by atoms with Gasteiger partial charge in [0.1, 0.15) is 5.52 Å².